The van der Waals surface area contributed by atoms with E-state index in [9.17, 15) is 4.79 Å². The molecule has 1 amide bonds. The zero-order valence-electron chi connectivity index (χ0n) is 14.6. The molecule has 3 rings (SSSR count). The minimum Gasteiger partial charge on any atom is -0.490 e. The Balaban J connectivity index is 1.56. The van der Waals surface area contributed by atoms with Gasteiger partial charge in [-0.15, -0.1) is 0 Å². The molecule has 2 aromatic rings. The van der Waals surface area contributed by atoms with E-state index >= 15 is 0 Å². The molecule has 4 nitrogen and oxygen atoms in total. The summed E-state index contributed by atoms with van der Waals surface area (Å²) in [5.41, 5.74) is 2.06. The first-order valence-electron chi connectivity index (χ1n) is 8.17. The first kappa shape index (κ1) is 18.5. The number of nitrogens with zero attached hydrogens (tertiary/aromatic N) is 1. The summed E-state index contributed by atoms with van der Waals surface area (Å²) in [5, 5.41) is 0. The highest BCUT2D eigenvalue weighted by molar-refractivity contribution is 8.26. The lowest BCUT2D eigenvalue weighted by atomic mass is 10.2. The van der Waals surface area contributed by atoms with Crippen molar-refractivity contribution in [3.8, 4) is 11.5 Å². The van der Waals surface area contributed by atoms with Crippen LogP contribution in [0.25, 0.3) is 6.08 Å². The Kier molecular flexibility index (Phi) is 5.96. The summed E-state index contributed by atoms with van der Waals surface area (Å²) in [6, 6.07) is 15.5. The standard InChI is InChI=1S/C20H19NO3S2/c1-14-5-3-7-16(11-14)23-9-10-24-17-8-4-6-15(12-17)13-18-19(22)21(2)20(25)26-18/h3-8,11-13H,9-10H2,1-2H3/b18-13-. The molecule has 1 aliphatic heterocycles. The van der Waals surface area contributed by atoms with Gasteiger partial charge in [0.05, 0.1) is 4.91 Å². The molecule has 2 aromatic carbocycles. The van der Waals surface area contributed by atoms with Gasteiger partial charge in [-0.3, -0.25) is 9.69 Å². The zero-order valence-corrected chi connectivity index (χ0v) is 16.2. The molecule has 0 atom stereocenters. The van der Waals surface area contributed by atoms with Crippen molar-refractivity contribution in [1.29, 1.82) is 0 Å². The fourth-order valence-electron chi connectivity index (χ4n) is 2.42. The molecule has 6 heteroatoms. The van der Waals surface area contributed by atoms with Gasteiger partial charge in [-0.1, -0.05) is 48.2 Å². The number of benzene rings is 2. The van der Waals surface area contributed by atoms with Gasteiger partial charge in [0.25, 0.3) is 5.91 Å². The molecule has 1 fully saturated rings. The molecule has 0 unspecified atom stereocenters. The minimum absolute atomic E-state index is 0.0714. The van der Waals surface area contributed by atoms with Crippen LogP contribution >= 0.6 is 24.0 Å². The van der Waals surface area contributed by atoms with Crippen LogP contribution in [-0.2, 0) is 4.79 Å². The lowest BCUT2D eigenvalue weighted by Crippen LogP contribution is -2.22. The van der Waals surface area contributed by atoms with Crippen LogP contribution in [0.3, 0.4) is 0 Å². The third kappa shape index (κ3) is 4.65. The minimum atomic E-state index is -0.0714. The molecule has 0 saturated carbocycles. The second kappa shape index (κ2) is 8.38. The maximum absolute atomic E-state index is 12.1. The number of amides is 1. The quantitative estimate of drug-likeness (QED) is 0.421. The van der Waals surface area contributed by atoms with Crippen molar-refractivity contribution < 1.29 is 14.3 Å². The summed E-state index contributed by atoms with van der Waals surface area (Å²) < 4.78 is 12.0. The van der Waals surface area contributed by atoms with Gasteiger partial charge in [-0.05, 0) is 48.4 Å². The molecule has 1 heterocycles. The number of aryl methyl sites for hydroxylation is 1. The number of rotatable bonds is 6. The third-order valence-electron chi connectivity index (χ3n) is 3.75. The van der Waals surface area contributed by atoms with Crippen molar-refractivity contribution in [1.82, 2.24) is 4.90 Å². The molecular formula is C20H19NO3S2. The van der Waals surface area contributed by atoms with Gasteiger partial charge in [0.1, 0.15) is 29.0 Å². The number of hydrogen-bond donors (Lipinski definition) is 0. The van der Waals surface area contributed by atoms with E-state index in [0.717, 1.165) is 22.6 Å². The Hall–Kier alpha value is -2.31. The van der Waals surface area contributed by atoms with Crippen LogP contribution in [0.2, 0.25) is 0 Å². The van der Waals surface area contributed by atoms with Crippen molar-refractivity contribution in [2.45, 2.75) is 6.92 Å². The molecule has 1 saturated heterocycles. The highest BCUT2D eigenvalue weighted by Gasteiger charge is 2.28. The summed E-state index contributed by atoms with van der Waals surface area (Å²) >= 11 is 6.46. The number of thiocarbonyl (C=S) groups is 1. The Labute approximate surface area is 162 Å². The van der Waals surface area contributed by atoms with Crippen LogP contribution in [0.5, 0.6) is 11.5 Å². The van der Waals surface area contributed by atoms with Crippen LogP contribution in [0.1, 0.15) is 11.1 Å². The lowest BCUT2D eigenvalue weighted by Gasteiger charge is -2.09. The van der Waals surface area contributed by atoms with E-state index in [0.29, 0.717) is 22.4 Å². The monoisotopic (exact) mass is 385 g/mol. The second-order valence-corrected chi connectivity index (χ2v) is 7.50. The van der Waals surface area contributed by atoms with Gasteiger partial charge in [-0.2, -0.15) is 0 Å². The number of hydrogen-bond acceptors (Lipinski definition) is 5. The number of carbonyl (C=O) groups excluding carboxylic acids is 1. The Morgan fingerprint density at radius 2 is 1.73 bits per heavy atom. The second-order valence-electron chi connectivity index (χ2n) is 5.83. The summed E-state index contributed by atoms with van der Waals surface area (Å²) in [5.74, 6) is 1.50. The molecule has 0 spiro atoms. The number of thioether (sulfide) groups is 1. The number of likely N-dealkylation sites (N-methyl/N-ethyl adjacent to an activating group) is 1. The van der Waals surface area contributed by atoms with E-state index in [2.05, 4.69) is 0 Å². The smallest absolute Gasteiger partial charge is 0.265 e. The summed E-state index contributed by atoms with van der Waals surface area (Å²) in [6.45, 7) is 2.93. The van der Waals surface area contributed by atoms with Gasteiger partial charge in [-0.25, -0.2) is 0 Å². The van der Waals surface area contributed by atoms with Crippen molar-refractivity contribution >= 4 is 40.3 Å². The van der Waals surface area contributed by atoms with E-state index in [-0.39, 0.29) is 5.91 Å². The number of ether oxygens (including phenoxy) is 2. The Morgan fingerprint density at radius 1 is 1.08 bits per heavy atom. The van der Waals surface area contributed by atoms with Gasteiger partial charge in [0.15, 0.2) is 0 Å². The lowest BCUT2D eigenvalue weighted by molar-refractivity contribution is -0.121. The summed E-state index contributed by atoms with van der Waals surface area (Å²) in [4.78, 5) is 14.2. The van der Waals surface area contributed by atoms with Crippen LogP contribution in [0.4, 0.5) is 0 Å². The van der Waals surface area contributed by atoms with E-state index < -0.39 is 0 Å². The molecular weight excluding hydrogens is 366 g/mol. The number of carbonyl (C=O) groups is 1. The molecule has 0 radical (unpaired) electrons. The molecule has 0 aromatic heterocycles. The van der Waals surface area contributed by atoms with Crippen molar-refractivity contribution in [2.75, 3.05) is 20.3 Å². The molecule has 0 bridgehead atoms. The SMILES string of the molecule is Cc1cccc(OCCOc2cccc(/C=C3\SC(=S)N(C)C3=O)c2)c1. The van der Waals surface area contributed by atoms with Gasteiger partial charge < -0.3 is 9.47 Å². The van der Waals surface area contributed by atoms with Crippen molar-refractivity contribution in [3.05, 3.63) is 64.6 Å². The normalized spacial score (nSPS) is 15.6. The fraction of sp³-hybridized carbons (Fsp3) is 0.200. The van der Waals surface area contributed by atoms with E-state index in [4.69, 9.17) is 21.7 Å². The predicted molar refractivity (Wildman–Crippen MR) is 110 cm³/mol. The Bertz CT molecular complexity index is 864. The molecule has 1 aliphatic rings. The van der Waals surface area contributed by atoms with Gasteiger partial charge in [0, 0.05) is 7.05 Å². The van der Waals surface area contributed by atoms with Crippen LogP contribution in [0.15, 0.2) is 53.4 Å². The average molecular weight is 386 g/mol. The molecule has 26 heavy (non-hydrogen) atoms. The maximum atomic E-state index is 12.1. The van der Waals surface area contributed by atoms with E-state index in [1.807, 2.05) is 61.5 Å². The topological polar surface area (TPSA) is 38.8 Å². The summed E-state index contributed by atoms with van der Waals surface area (Å²) in [7, 11) is 1.69. The Morgan fingerprint density at radius 3 is 2.35 bits per heavy atom. The van der Waals surface area contributed by atoms with E-state index in [1.165, 1.54) is 16.7 Å². The van der Waals surface area contributed by atoms with Crippen molar-refractivity contribution in [2.24, 2.45) is 0 Å². The molecule has 134 valence electrons. The van der Waals surface area contributed by atoms with Crippen LogP contribution in [-0.4, -0.2) is 35.4 Å². The van der Waals surface area contributed by atoms with Gasteiger partial charge in [0.2, 0.25) is 0 Å². The van der Waals surface area contributed by atoms with Crippen LogP contribution in [0, 0.1) is 6.92 Å². The predicted octanol–water partition coefficient (Wildman–Crippen LogP) is 4.28. The summed E-state index contributed by atoms with van der Waals surface area (Å²) in [6.07, 6.45) is 1.83. The largest absolute Gasteiger partial charge is 0.490 e. The highest BCUT2D eigenvalue weighted by atomic mass is 32.2. The van der Waals surface area contributed by atoms with Crippen LogP contribution < -0.4 is 9.47 Å². The first-order valence-corrected chi connectivity index (χ1v) is 9.39. The first-order chi connectivity index (χ1) is 12.5. The highest BCUT2D eigenvalue weighted by Crippen LogP contribution is 2.31. The zero-order chi connectivity index (χ0) is 18.5. The van der Waals surface area contributed by atoms with E-state index in [1.54, 1.807) is 7.05 Å². The van der Waals surface area contributed by atoms with Gasteiger partial charge >= 0.3 is 0 Å². The van der Waals surface area contributed by atoms with Crippen molar-refractivity contribution in [3.63, 3.8) is 0 Å². The fourth-order valence-corrected chi connectivity index (χ4v) is 3.59. The molecule has 0 N–H and O–H groups in total. The maximum Gasteiger partial charge on any atom is 0.265 e. The molecule has 0 aliphatic carbocycles. The average Bonchev–Trinajstić information content (AvgIpc) is 2.86. The third-order valence-corrected chi connectivity index (χ3v) is 5.24.